The Bertz CT molecular complexity index is 4430. The Morgan fingerprint density at radius 2 is 0.375 bits per heavy atom. The smallest absolute Gasteiger partial charge is 0.129 e. The minimum atomic E-state index is -2.14. The molecule has 96 heavy (non-hydrogen) atoms. The largest absolute Gasteiger partial charge is 0.352 e. The first kappa shape index (κ1) is 72.0. The topological polar surface area (TPSA) is 57.4 Å². The Morgan fingerprint density at radius 1 is 0.219 bits per heavy atom. The third-order valence-corrected chi connectivity index (χ3v) is 21.6. The molecule has 0 fully saturated rings. The Labute approximate surface area is 584 Å². The van der Waals surface area contributed by atoms with Crippen LogP contribution in [0, 0.1) is 91.7 Å². The average molecular weight is 1380 g/mol. The van der Waals surface area contributed by atoms with Crippen molar-refractivity contribution in [2.24, 2.45) is 0 Å². The van der Waals surface area contributed by atoms with E-state index >= 15 is 0 Å². The zero-order valence-electron chi connectivity index (χ0n) is 61.4. The summed E-state index contributed by atoms with van der Waals surface area (Å²) in [4.78, 5) is 21.1. The maximum atomic E-state index is 6.26. The van der Waals surface area contributed by atoms with Crippen LogP contribution in [0.1, 0.15) is 45.0 Å². The third kappa shape index (κ3) is 18.2. The monoisotopic (exact) mass is 1380 g/mol. The van der Waals surface area contributed by atoms with Crippen LogP contribution in [0.25, 0.3) is 88.9 Å². The van der Waals surface area contributed by atoms with Gasteiger partial charge in [0, 0.05) is 22.3 Å². The standard InChI is InChI=1S/C84H94N4Si8/c1-89(2,3)53-45-65-66(46-54-90(4,5)6)78-74(62-39-31-26-32-40-62)80-69(49-57-93(13,14)15)70(50-58-94(16,17)18)82(87-80)76(64-43-35-28-36-44-64)84-72(52-60-96(22,23)24)71(51-59-95(19,20)21)83(88-84)75(63-41-33-27-34-42-63)81-68(48-56-92(10,11)12)67(47-55-91(7,8)9)79(86-81)73(77(65)85-78)61-37-29-25-30-38-61/h25-44,85,88H,1-24H3. The minimum absolute atomic E-state index is 0.702. The number of rotatable bonds is 4. The van der Waals surface area contributed by atoms with Crippen LogP contribution in [0.15, 0.2) is 121 Å². The molecule has 7 aromatic rings. The molecule has 0 saturated carbocycles. The number of hydrogen-bond donors (Lipinski definition) is 2. The fourth-order valence-corrected chi connectivity index (χ4v) is 14.4. The van der Waals surface area contributed by atoms with E-state index in [2.05, 4.69) is 380 Å². The van der Waals surface area contributed by atoms with Gasteiger partial charge in [0.1, 0.15) is 64.6 Å². The van der Waals surface area contributed by atoms with Crippen molar-refractivity contribution in [1.82, 2.24) is 19.9 Å². The van der Waals surface area contributed by atoms with Crippen LogP contribution in [0.3, 0.4) is 0 Å². The maximum Gasteiger partial charge on any atom is 0.129 e. The Morgan fingerprint density at radius 3 is 0.531 bits per heavy atom. The molecule has 0 saturated heterocycles. The highest BCUT2D eigenvalue weighted by Crippen LogP contribution is 2.48. The van der Waals surface area contributed by atoms with Crippen LogP contribution >= 0.6 is 0 Å². The molecule has 12 heteroatoms. The number of hydrogen-bond acceptors (Lipinski definition) is 2. The summed E-state index contributed by atoms with van der Waals surface area (Å²) in [6.45, 7) is 55.4. The van der Waals surface area contributed by atoms with Gasteiger partial charge in [-0.1, -0.05) is 326 Å². The summed E-state index contributed by atoms with van der Waals surface area (Å²) < 4.78 is 0. The van der Waals surface area contributed by atoms with Gasteiger partial charge in [0.25, 0.3) is 0 Å². The van der Waals surface area contributed by atoms with Crippen molar-refractivity contribution in [2.75, 3.05) is 0 Å². The van der Waals surface area contributed by atoms with E-state index < -0.39 is 64.6 Å². The van der Waals surface area contributed by atoms with Crippen molar-refractivity contribution in [3.8, 4) is 136 Å². The fourth-order valence-electron chi connectivity index (χ4n) is 10.4. The second-order valence-electron chi connectivity index (χ2n) is 33.3. The van der Waals surface area contributed by atoms with E-state index in [4.69, 9.17) is 9.97 Å². The molecule has 2 N–H and O–H groups in total. The van der Waals surface area contributed by atoms with Gasteiger partial charge in [-0.3, -0.25) is 0 Å². The van der Waals surface area contributed by atoms with Gasteiger partial charge >= 0.3 is 0 Å². The first-order valence-corrected chi connectivity index (χ1v) is 61.5. The summed E-state index contributed by atoms with van der Waals surface area (Å²) in [6, 6.07) is 42.8. The lowest BCUT2D eigenvalue weighted by Gasteiger charge is -2.10. The molecule has 9 rings (SSSR count). The lowest BCUT2D eigenvalue weighted by molar-refractivity contribution is 1.30. The van der Waals surface area contributed by atoms with Gasteiger partial charge in [0.05, 0.1) is 89.4 Å². The summed E-state index contributed by atoms with van der Waals surface area (Å²) in [5, 5.41) is 0. The van der Waals surface area contributed by atoms with E-state index in [0.717, 1.165) is 111 Å². The highest BCUT2D eigenvalue weighted by molar-refractivity contribution is 6.86. The molecule has 2 aliphatic rings. The molecule has 3 aromatic heterocycles. The highest BCUT2D eigenvalue weighted by Gasteiger charge is 2.34. The number of allylic oxidation sites excluding steroid dienone is 4. The van der Waals surface area contributed by atoms with Gasteiger partial charge in [0.15, 0.2) is 0 Å². The zero-order chi connectivity index (χ0) is 70.1. The van der Waals surface area contributed by atoms with Gasteiger partial charge in [-0.05, 0) is 22.3 Å². The number of aromatic nitrogens is 4. The van der Waals surface area contributed by atoms with E-state index in [9.17, 15) is 0 Å². The molecule has 0 radical (unpaired) electrons. The normalized spacial score (nSPS) is 12.7. The SMILES string of the molecule is C[Si](C)(C)C#CC1=C(C#C[Si](C)(C)C)c2nc1c(-c1ccccc1)c1[nH]c(c(C#C[Si](C)(C)C)c1C#C[Si](C)(C)C)c(-c1ccccc1)c1nc(c(-c3ccccc3)c3[nH]c(c(C#C[Si](C)(C)C)c3C#C[Si](C)(C)C)c2-c2ccccc2)C(C#C[Si](C)(C)C)=C1C#C[Si](C)(C)C. The summed E-state index contributed by atoms with van der Waals surface area (Å²) in [5.41, 5.74) is 50.6. The van der Waals surface area contributed by atoms with E-state index in [0.29, 0.717) is 22.8 Å². The molecular weight excluding hydrogens is 1290 g/mol. The molecule has 0 atom stereocenters. The Balaban J connectivity index is 1.91. The van der Waals surface area contributed by atoms with Crippen LogP contribution in [0.5, 0.6) is 0 Å². The maximum absolute atomic E-state index is 6.26. The van der Waals surface area contributed by atoms with Crippen LogP contribution in [0.4, 0.5) is 0 Å². The molecular formula is C84H94N4Si8. The van der Waals surface area contributed by atoms with E-state index in [1.165, 1.54) is 0 Å². The van der Waals surface area contributed by atoms with Gasteiger partial charge in [-0.2, -0.15) is 0 Å². The molecule has 0 unspecified atom stereocenters. The number of nitrogens with one attached hydrogen (secondary N) is 2. The quantitative estimate of drug-likeness (QED) is 0.136. The number of aromatic amines is 2. The summed E-state index contributed by atoms with van der Waals surface area (Å²) >= 11 is 0. The van der Waals surface area contributed by atoms with Crippen molar-refractivity contribution in [1.29, 1.82) is 0 Å². The molecule has 0 spiro atoms. The van der Waals surface area contributed by atoms with Crippen molar-refractivity contribution in [3.05, 3.63) is 166 Å². The van der Waals surface area contributed by atoms with Gasteiger partial charge in [0.2, 0.25) is 0 Å². The number of nitrogens with zero attached hydrogens (tertiary/aromatic N) is 2. The molecule has 5 heterocycles. The van der Waals surface area contributed by atoms with E-state index in [1.807, 2.05) is 0 Å². The molecule has 4 nitrogen and oxygen atoms in total. The lowest BCUT2D eigenvalue weighted by Crippen LogP contribution is -2.17. The van der Waals surface area contributed by atoms with Crippen LogP contribution in [-0.4, -0.2) is 84.5 Å². The molecule has 8 bridgehead atoms. The third-order valence-electron chi connectivity index (χ3n) is 14.6. The first-order chi connectivity index (χ1) is 44.6. The zero-order valence-corrected chi connectivity index (χ0v) is 69.4. The van der Waals surface area contributed by atoms with Crippen molar-refractivity contribution in [3.63, 3.8) is 0 Å². The first-order valence-electron chi connectivity index (χ1n) is 33.5. The average Bonchev–Trinajstić information content (AvgIpc) is 1.57. The van der Waals surface area contributed by atoms with Gasteiger partial charge in [-0.15, -0.1) is 44.3 Å². The van der Waals surface area contributed by atoms with Crippen molar-refractivity contribution in [2.45, 2.75) is 157 Å². The van der Waals surface area contributed by atoms with Crippen LogP contribution in [-0.2, 0) is 0 Å². The van der Waals surface area contributed by atoms with E-state index in [1.54, 1.807) is 0 Å². The van der Waals surface area contributed by atoms with Gasteiger partial charge in [-0.25, -0.2) is 9.97 Å². The summed E-state index contributed by atoms with van der Waals surface area (Å²) in [5.74, 6) is 31.7. The lowest BCUT2D eigenvalue weighted by atomic mass is 9.93. The highest BCUT2D eigenvalue weighted by atomic mass is 28.3. The van der Waals surface area contributed by atoms with Crippen molar-refractivity contribution < 1.29 is 0 Å². The Kier molecular flexibility index (Phi) is 20.7. The number of benzene rings is 4. The molecule has 0 amide bonds. The van der Waals surface area contributed by atoms with Crippen LogP contribution in [0.2, 0.25) is 157 Å². The number of H-pyrrole nitrogens is 2. The summed E-state index contributed by atoms with van der Waals surface area (Å²) in [6.07, 6.45) is 0. The van der Waals surface area contributed by atoms with Crippen LogP contribution < -0.4 is 0 Å². The predicted octanol–water partition coefficient (Wildman–Crippen LogP) is 21.2. The van der Waals surface area contributed by atoms with E-state index in [-0.39, 0.29) is 0 Å². The molecule has 2 aliphatic heterocycles. The number of fused-ring (bicyclic) bond motifs is 8. The second-order valence-corrected chi connectivity index (χ2v) is 71.3. The second kappa shape index (κ2) is 27.7. The fraction of sp³-hybridized carbons (Fsp3) is 0.286. The van der Waals surface area contributed by atoms with Gasteiger partial charge < -0.3 is 9.97 Å². The molecule has 4 aromatic carbocycles. The predicted molar refractivity (Wildman–Crippen MR) is 442 cm³/mol. The summed E-state index contributed by atoms with van der Waals surface area (Å²) in [7, 11) is -17.1. The molecule has 0 aliphatic carbocycles. The Hall–Kier alpha value is -8.30. The minimum Gasteiger partial charge on any atom is -0.352 e. The van der Waals surface area contributed by atoms with Crippen molar-refractivity contribution >= 4 is 109 Å². The molecule has 482 valence electrons.